The molecule has 1 heterocycles. The van der Waals surface area contributed by atoms with Crippen LogP contribution in [0.4, 0.5) is 0 Å². The molecular weight excluding hydrogens is 380 g/mol. The molecule has 1 aliphatic rings. The fraction of sp³-hybridized carbons (Fsp3) is 0.375. The van der Waals surface area contributed by atoms with E-state index >= 15 is 0 Å². The van der Waals surface area contributed by atoms with E-state index in [-0.39, 0.29) is 5.91 Å². The molecule has 6 heteroatoms. The van der Waals surface area contributed by atoms with Gasteiger partial charge in [-0.3, -0.25) is 9.69 Å². The number of rotatable bonds is 9. The van der Waals surface area contributed by atoms with E-state index in [1.165, 1.54) is 37.6 Å². The topological polar surface area (TPSA) is 60.0 Å². The zero-order valence-corrected chi connectivity index (χ0v) is 17.9. The average Bonchev–Trinajstić information content (AvgIpc) is 3.28. The van der Waals surface area contributed by atoms with Crippen LogP contribution in [-0.2, 0) is 17.9 Å². The minimum atomic E-state index is -0.170. The third-order valence-corrected chi connectivity index (χ3v) is 5.21. The number of carbonyl (C=O) groups excluding carboxylic acids is 1. The Balaban J connectivity index is 1.60. The highest BCUT2D eigenvalue weighted by atomic mass is 16.5. The summed E-state index contributed by atoms with van der Waals surface area (Å²) in [5.41, 5.74) is 3.12. The van der Waals surface area contributed by atoms with Gasteiger partial charge < -0.3 is 19.5 Å². The number of benzene rings is 2. The number of hydrogen-bond acceptors (Lipinski definition) is 5. The van der Waals surface area contributed by atoms with Gasteiger partial charge >= 0.3 is 0 Å². The molecule has 0 aliphatic carbocycles. The number of nitrogens with zero attached hydrogens (tertiary/aromatic N) is 1. The van der Waals surface area contributed by atoms with Gasteiger partial charge in [0.15, 0.2) is 11.5 Å². The highest BCUT2D eigenvalue weighted by molar-refractivity contribution is 5.92. The molecule has 0 aromatic heterocycles. The fourth-order valence-electron chi connectivity index (χ4n) is 3.71. The third kappa shape index (κ3) is 5.54. The second-order valence-electron chi connectivity index (χ2n) is 7.28. The first-order chi connectivity index (χ1) is 14.6. The van der Waals surface area contributed by atoms with Crippen molar-refractivity contribution >= 4 is 12.0 Å². The Labute approximate surface area is 178 Å². The predicted octanol–water partition coefficient (Wildman–Crippen LogP) is 3.64. The van der Waals surface area contributed by atoms with E-state index in [9.17, 15) is 4.79 Å². The van der Waals surface area contributed by atoms with Gasteiger partial charge in [-0.25, -0.2) is 0 Å². The molecule has 1 saturated heterocycles. The van der Waals surface area contributed by atoms with E-state index in [4.69, 9.17) is 14.2 Å². The second-order valence-corrected chi connectivity index (χ2v) is 7.28. The van der Waals surface area contributed by atoms with Gasteiger partial charge in [0, 0.05) is 24.7 Å². The number of ether oxygens (including phenoxy) is 3. The van der Waals surface area contributed by atoms with Crippen molar-refractivity contribution < 1.29 is 19.0 Å². The summed E-state index contributed by atoms with van der Waals surface area (Å²) in [5, 5.41) is 2.94. The lowest BCUT2D eigenvalue weighted by Crippen LogP contribution is -2.21. The van der Waals surface area contributed by atoms with E-state index in [0.717, 1.165) is 17.7 Å². The van der Waals surface area contributed by atoms with Crippen LogP contribution in [0.15, 0.2) is 42.5 Å². The molecule has 1 fully saturated rings. The van der Waals surface area contributed by atoms with Gasteiger partial charge in [-0.05, 0) is 55.3 Å². The Hall–Kier alpha value is -2.99. The minimum Gasteiger partial charge on any atom is -0.493 e. The average molecular weight is 411 g/mol. The molecule has 0 atom stereocenters. The summed E-state index contributed by atoms with van der Waals surface area (Å²) in [6, 6.07) is 12.0. The van der Waals surface area contributed by atoms with Gasteiger partial charge in [-0.2, -0.15) is 0 Å². The molecule has 1 N–H and O–H groups in total. The van der Waals surface area contributed by atoms with Crippen molar-refractivity contribution in [3.63, 3.8) is 0 Å². The van der Waals surface area contributed by atoms with Gasteiger partial charge in [-0.1, -0.05) is 24.3 Å². The molecule has 160 valence electrons. The Kier molecular flexibility index (Phi) is 7.74. The summed E-state index contributed by atoms with van der Waals surface area (Å²) in [6.07, 6.45) is 5.78. The number of likely N-dealkylation sites (tertiary alicyclic amines) is 1. The highest BCUT2D eigenvalue weighted by Crippen LogP contribution is 2.40. The molecule has 30 heavy (non-hydrogen) atoms. The number of methoxy groups -OCH3 is 3. The van der Waals surface area contributed by atoms with E-state index in [1.807, 2.05) is 12.1 Å². The number of amides is 1. The maximum atomic E-state index is 12.3. The standard InChI is InChI=1S/C24H30N2O4/c1-28-21-11-9-20(23(29-2)24(21)30-3)10-12-22(27)25-16-18-7-6-8-19(15-18)17-26-13-4-5-14-26/h6-12,15H,4-5,13-14,16-17H2,1-3H3,(H,25,27)/b12-10+. The first kappa shape index (κ1) is 21.7. The molecule has 1 amide bonds. The lowest BCUT2D eigenvalue weighted by atomic mass is 10.1. The summed E-state index contributed by atoms with van der Waals surface area (Å²) in [5.74, 6) is 1.43. The maximum Gasteiger partial charge on any atom is 0.244 e. The van der Waals surface area contributed by atoms with Crippen LogP contribution in [0.1, 0.15) is 29.5 Å². The van der Waals surface area contributed by atoms with Crippen LogP contribution < -0.4 is 19.5 Å². The summed E-state index contributed by atoms with van der Waals surface area (Å²) in [4.78, 5) is 14.8. The summed E-state index contributed by atoms with van der Waals surface area (Å²) >= 11 is 0. The van der Waals surface area contributed by atoms with Crippen molar-refractivity contribution in [1.29, 1.82) is 0 Å². The van der Waals surface area contributed by atoms with E-state index in [0.29, 0.717) is 23.8 Å². The molecule has 0 bridgehead atoms. The first-order valence-electron chi connectivity index (χ1n) is 10.2. The van der Waals surface area contributed by atoms with Gasteiger partial charge in [0.2, 0.25) is 11.7 Å². The quantitative estimate of drug-likeness (QED) is 0.640. The van der Waals surface area contributed by atoms with Crippen LogP contribution in [0, 0.1) is 0 Å². The largest absolute Gasteiger partial charge is 0.493 e. The SMILES string of the molecule is COc1ccc(/C=C/C(=O)NCc2cccc(CN3CCCC3)c2)c(OC)c1OC. The molecule has 3 rings (SSSR count). The van der Waals surface area contributed by atoms with Crippen LogP contribution >= 0.6 is 0 Å². The Bertz CT molecular complexity index is 889. The van der Waals surface area contributed by atoms with E-state index in [1.54, 1.807) is 33.5 Å². The van der Waals surface area contributed by atoms with Crippen molar-refractivity contribution in [3.05, 3.63) is 59.2 Å². The summed E-state index contributed by atoms with van der Waals surface area (Å²) in [6.45, 7) is 3.80. The van der Waals surface area contributed by atoms with E-state index in [2.05, 4.69) is 28.4 Å². The Morgan fingerprint density at radius 1 is 1.00 bits per heavy atom. The molecule has 2 aromatic rings. The Morgan fingerprint density at radius 3 is 2.43 bits per heavy atom. The molecule has 1 aliphatic heterocycles. The van der Waals surface area contributed by atoms with Gasteiger partial charge in [0.25, 0.3) is 0 Å². The van der Waals surface area contributed by atoms with Crippen LogP contribution in [0.3, 0.4) is 0 Å². The third-order valence-electron chi connectivity index (χ3n) is 5.21. The molecule has 0 saturated carbocycles. The van der Waals surface area contributed by atoms with Crippen LogP contribution in [0.5, 0.6) is 17.2 Å². The van der Waals surface area contributed by atoms with Crippen molar-refractivity contribution in [2.45, 2.75) is 25.9 Å². The molecular formula is C24H30N2O4. The van der Waals surface area contributed by atoms with Crippen molar-refractivity contribution in [2.24, 2.45) is 0 Å². The highest BCUT2D eigenvalue weighted by Gasteiger charge is 2.14. The summed E-state index contributed by atoms with van der Waals surface area (Å²) < 4.78 is 16.1. The van der Waals surface area contributed by atoms with E-state index < -0.39 is 0 Å². The zero-order chi connectivity index (χ0) is 21.3. The van der Waals surface area contributed by atoms with Crippen molar-refractivity contribution in [1.82, 2.24) is 10.2 Å². The van der Waals surface area contributed by atoms with Gasteiger partial charge in [0.05, 0.1) is 21.3 Å². The van der Waals surface area contributed by atoms with Crippen LogP contribution in [-0.4, -0.2) is 45.2 Å². The minimum absolute atomic E-state index is 0.170. The predicted molar refractivity (Wildman–Crippen MR) is 118 cm³/mol. The van der Waals surface area contributed by atoms with Crippen LogP contribution in [0.25, 0.3) is 6.08 Å². The van der Waals surface area contributed by atoms with Crippen LogP contribution in [0.2, 0.25) is 0 Å². The lowest BCUT2D eigenvalue weighted by Gasteiger charge is -2.15. The molecule has 2 aromatic carbocycles. The molecule has 6 nitrogen and oxygen atoms in total. The maximum absolute atomic E-state index is 12.3. The Morgan fingerprint density at radius 2 is 1.73 bits per heavy atom. The lowest BCUT2D eigenvalue weighted by molar-refractivity contribution is -0.116. The normalized spacial score (nSPS) is 14.1. The smallest absolute Gasteiger partial charge is 0.244 e. The zero-order valence-electron chi connectivity index (χ0n) is 17.9. The van der Waals surface area contributed by atoms with Gasteiger partial charge in [0.1, 0.15) is 0 Å². The number of hydrogen-bond donors (Lipinski definition) is 1. The first-order valence-corrected chi connectivity index (χ1v) is 10.2. The molecule has 0 radical (unpaired) electrons. The monoisotopic (exact) mass is 410 g/mol. The number of carbonyl (C=O) groups is 1. The van der Waals surface area contributed by atoms with Crippen molar-refractivity contribution in [3.8, 4) is 17.2 Å². The number of nitrogens with one attached hydrogen (secondary N) is 1. The van der Waals surface area contributed by atoms with Crippen molar-refractivity contribution in [2.75, 3.05) is 34.4 Å². The van der Waals surface area contributed by atoms with Gasteiger partial charge in [-0.15, -0.1) is 0 Å². The fourth-order valence-corrected chi connectivity index (χ4v) is 3.71. The molecule has 0 spiro atoms. The second kappa shape index (κ2) is 10.7. The molecule has 0 unspecified atom stereocenters. The summed E-state index contributed by atoms with van der Waals surface area (Å²) in [7, 11) is 4.68.